The summed E-state index contributed by atoms with van der Waals surface area (Å²) >= 11 is 5.81. The molecule has 4 nitrogen and oxygen atoms in total. The van der Waals surface area contributed by atoms with E-state index in [2.05, 4.69) is 10.3 Å². The van der Waals surface area contributed by atoms with Crippen molar-refractivity contribution in [3.05, 3.63) is 52.2 Å². The SMILES string of the molecule is Cc1ccc(Nc2cc(C(=O)O)cc(Cl)n2)c(C)c1. The molecular weight excluding hydrogens is 264 g/mol. The van der Waals surface area contributed by atoms with Crippen LogP contribution in [0.1, 0.15) is 21.5 Å². The molecule has 2 rings (SSSR count). The fourth-order valence-corrected chi connectivity index (χ4v) is 1.98. The minimum atomic E-state index is -1.03. The highest BCUT2D eigenvalue weighted by molar-refractivity contribution is 6.29. The molecule has 2 aromatic rings. The van der Waals surface area contributed by atoms with Gasteiger partial charge in [-0.05, 0) is 37.6 Å². The molecule has 1 heterocycles. The van der Waals surface area contributed by atoms with E-state index in [1.165, 1.54) is 12.1 Å². The molecule has 0 saturated carbocycles. The minimum absolute atomic E-state index is 0.104. The van der Waals surface area contributed by atoms with E-state index in [1.807, 2.05) is 32.0 Å². The number of carbonyl (C=O) groups is 1. The van der Waals surface area contributed by atoms with Gasteiger partial charge in [0.15, 0.2) is 0 Å². The molecule has 0 spiro atoms. The molecule has 0 amide bonds. The zero-order valence-corrected chi connectivity index (χ0v) is 11.3. The smallest absolute Gasteiger partial charge is 0.335 e. The summed E-state index contributed by atoms with van der Waals surface area (Å²) in [4.78, 5) is 15.0. The van der Waals surface area contributed by atoms with Gasteiger partial charge in [0.05, 0.1) is 5.56 Å². The third-order valence-corrected chi connectivity index (χ3v) is 2.88. The van der Waals surface area contributed by atoms with E-state index in [-0.39, 0.29) is 10.7 Å². The number of hydrogen-bond donors (Lipinski definition) is 2. The molecule has 0 saturated heterocycles. The van der Waals surface area contributed by atoms with E-state index in [0.29, 0.717) is 5.82 Å². The highest BCUT2D eigenvalue weighted by Crippen LogP contribution is 2.22. The van der Waals surface area contributed by atoms with Crippen molar-refractivity contribution in [2.45, 2.75) is 13.8 Å². The Bertz CT molecular complexity index is 641. The van der Waals surface area contributed by atoms with Crippen LogP contribution in [-0.2, 0) is 0 Å². The number of pyridine rings is 1. The first-order valence-corrected chi connectivity index (χ1v) is 6.08. The van der Waals surface area contributed by atoms with Crippen molar-refractivity contribution in [1.82, 2.24) is 4.98 Å². The van der Waals surface area contributed by atoms with E-state index in [1.54, 1.807) is 0 Å². The van der Waals surface area contributed by atoms with Gasteiger partial charge >= 0.3 is 5.97 Å². The maximum absolute atomic E-state index is 11.0. The highest BCUT2D eigenvalue weighted by Gasteiger charge is 2.08. The summed E-state index contributed by atoms with van der Waals surface area (Å²) in [6, 6.07) is 8.70. The number of hydrogen-bond acceptors (Lipinski definition) is 3. The summed E-state index contributed by atoms with van der Waals surface area (Å²) in [6.07, 6.45) is 0. The van der Waals surface area contributed by atoms with Crippen LogP contribution in [0, 0.1) is 13.8 Å². The van der Waals surface area contributed by atoms with Crippen LogP contribution < -0.4 is 5.32 Å². The quantitative estimate of drug-likeness (QED) is 0.837. The molecule has 98 valence electrons. The van der Waals surface area contributed by atoms with E-state index in [4.69, 9.17) is 16.7 Å². The second-order valence-electron chi connectivity index (χ2n) is 4.31. The molecule has 19 heavy (non-hydrogen) atoms. The average Bonchev–Trinajstić information content (AvgIpc) is 2.32. The van der Waals surface area contributed by atoms with Gasteiger partial charge in [0.1, 0.15) is 11.0 Å². The van der Waals surface area contributed by atoms with Gasteiger partial charge in [-0.2, -0.15) is 0 Å². The molecule has 0 atom stereocenters. The lowest BCUT2D eigenvalue weighted by atomic mass is 10.1. The van der Waals surface area contributed by atoms with E-state index in [9.17, 15) is 4.79 Å². The third-order valence-electron chi connectivity index (χ3n) is 2.69. The molecule has 2 N–H and O–H groups in total. The van der Waals surface area contributed by atoms with Crippen molar-refractivity contribution in [3.8, 4) is 0 Å². The van der Waals surface area contributed by atoms with Gasteiger partial charge < -0.3 is 10.4 Å². The number of aryl methyl sites for hydroxylation is 2. The molecule has 0 aliphatic carbocycles. The fourth-order valence-electron chi connectivity index (χ4n) is 1.78. The van der Waals surface area contributed by atoms with Crippen molar-refractivity contribution in [2.24, 2.45) is 0 Å². The van der Waals surface area contributed by atoms with Crippen LogP contribution in [0.25, 0.3) is 0 Å². The Morgan fingerprint density at radius 3 is 2.63 bits per heavy atom. The fraction of sp³-hybridized carbons (Fsp3) is 0.143. The van der Waals surface area contributed by atoms with Crippen LogP contribution in [-0.4, -0.2) is 16.1 Å². The topological polar surface area (TPSA) is 62.2 Å². The summed E-state index contributed by atoms with van der Waals surface area (Å²) in [5.41, 5.74) is 3.19. The van der Waals surface area contributed by atoms with Crippen LogP contribution in [0.5, 0.6) is 0 Å². The monoisotopic (exact) mass is 276 g/mol. The Labute approximate surface area is 116 Å². The van der Waals surface area contributed by atoms with Crippen molar-refractivity contribution >= 4 is 29.1 Å². The first-order valence-electron chi connectivity index (χ1n) is 5.71. The van der Waals surface area contributed by atoms with Crippen LogP contribution >= 0.6 is 11.6 Å². The lowest BCUT2D eigenvalue weighted by Gasteiger charge is -2.10. The predicted octanol–water partition coefficient (Wildman–Crippen LogP) is 3.79. The number of carboxylic acids is 1. The molecule has 0 aliphatic rings. The molecular formula is C14H13ClN2O2. The summed E-state index contributed by atoms with van der Waals surface area (Å²) in [6.45, 7) is 3.98. The number of benzene rings is 1. The maximum Gasteiger partial charge on any atom is 0.335 e. The molecule has 1 aromatic carbocycles. The molecule has 0 bridgehead atoms. The first-order chi connectivity index (χ1) is 8.95. The van der Waals surface area contributed by atoms with Crippen LogP contribution in [0.3, 0.4) is 0 Å². The zero-order valence-electron chi connectivity index (χ0n) is 10.6. The van der Waals surface area contributed by atoms with E-state index < -0.39 is 5.97 Å². The third kappa shape index (κ3) is 3.23. The van der Waals surface area contributed by atoms with Crippen molar-refractivity contribution in [1.29, 1.82) is 0 Å². The maximum atomic E-state index is 11.0. The van der Waals surface area contributed by atoms with Gasteiger partial charge in [-0.15, -0.1) is 0 Å². The number of nitrogens with zero attached hydrogens (tertiary/aromatic N) is 1. The molecule has 0 radical (unpaired) electrons. The van der Waals surface area contributed by atoms with Crippen molar-refractivity contribution in [2.75, 3.05) is 5.32 Å². The molecule has 5 heteroatoms. The van der Waals surface area contributed by atoms with E-state index in [0.717, 1.165) is 16.8 Å². The minimum Gasteiger partial charge on any atom is -0.478 e. The summed E-state index contributed by atoms with van der Waals surface area (Å²) in [5.74, 6) is -0.621. The summed E-state index contributed by atoms with van der Waals surface area (Å²) in [7, 11) is 0. The number of halogens is 1. The van der Waals surface area contributed by atoms with E-state index >= 15 is 0 Å². The van der Waals surface area contributed by atoms with Gasteiger partial charge in [-0.1, -0.05) is 29.3 Å². The standard InChI is InChI=1S/C14H13ClN2O2/c1-8-3-4-11(9(2)5-8)16-13-7-10(14(18)19)6-12(15)17-13/h3-7H,1-2H3,(H,16,17)(H,18,19). The second kappa shape index (κ2) is 5.28. The van der Waals surface area contributed by atoms with Gasteiger partial charge in [0, 0.05) is 5.69 Å². The van der Waals surface area contributed by atoms with Gasteiger partial charge in [0.25, 0.3) is 0 Å². The van der Waals surface area contributed by atoms with Crippen LogP contribution in [0.4, 0.5) is 11.5 Å². The number of rotatable bonds is 3. The molecule has 0 fully saturated rings. The molecule has 1 aromatic heterocycles. The van der Waals surface area contributed by atoms with Gasteiger partial charge in [0.2, 0.25) is 0 Å². The predicted molar refractivity (Wildman–Crippen MR) is 75.4 cm³/mol. The summed E-state index contributed by atoms with van der Waals surface area (Å²) < 4.78 is 0. The molecule has 0 aliphatic heterocycles. The number of anilines is 2. The van der Waals surface area contributed by atoms with Gasteiger partial charge in [-0.25, -0.2) is 9.78 Å². The summed E-state index contributed by atoms with van der Waals surface area (Å²) in [5, 5.41) is 12.2. The molecule has 0 unspecified atom stereocenters. The zero-order chi connectivity index (χ0) is 14.0. The van der Waals surface area contributed by atoms with Crippen molar-refractivity contribution in [3.63, 3.8) is 0 Å². The Morgan fingerprint density at radius 1 is 1.26 bits per heavy atom. The lowest BCUT2D eigenvalue weighted by Crippen LogP contribution is -2.01. The van der Waals surface area contributed by atoms with Crippen molar-refractivity contribution < 1.29 is 9.90 Å². The van der Waals surface area contributed by atoms with Crippen LogP contribution in [0.2, 0.25) is 5.15 Å². The Balaban J connectivity index is 2.35. The second-order valence-corrected chi connectivity index (χ2v) is 4.70. The Hall–Kier alpha value is -2.07. The number of aromatic nitrogens is 1. The first kappa shape index (κ1) is 13.4. The highest BCUT2D eigenvalue weighted by atomic mass is 35.5. The lowest BCUT2D eigenvalue weighted by molar-refractivity contribution is 0.0697. The van der Waals surface area contributed by atoms with Gasteiger partial charge in [-0.3, -0.25) is 0 Å². The normalized spacial score (nSPS) is 10.3. The van der Waals surface area contributed by atoms with Crippen LogP contribution in [0.15, 0.2) is 30.3 Å². The Morgan fingerprint density at radius 2 is 2.00 bits per heavy atom. The largest absolute Gasteiger partial charge is 0.478 e. The number of aromatic carboxylic acids is 1. The number of nitrogens with one attached hydrogen (secondary N) is 1. The average molecular weight is 277 g/mol. The Kier molecular flexibility index (Phi) is 3.71. The number of carboxylic acid groups (broad SMARTS) is 1.